The Labute approximate surface area is 170 Å². The van der Waals surface area contributed by atoms with Crippen molar-refractivity contribution in [2.75, 3.05) is 27.3 Å². The van der Waals surface area contributed by atoms with E-state index >= 15 is 0 Å². The summed E-state index contributed by atoms with van der Waals surface area (Å²) in [4.78, 5) is 37.6. The molecule has 2 rings (SSSR count). The third-order valence-corrected chi connectivity index (χ3v) is 4.71. The van der Waals surface area contributed by atoms with Crippen LogP contribution in [0.1, 0.15) is 22.3 Å². The number of nitrogens with zero attached hydrogens (tertiary/aromatic N) is 1. The molecule has 7 heteroatoms. The van der Waals surface area contributed by atoms with E-state index in [1.54, 1.807) is 24.3 Å². The summed E-state index contributed by atoms with van der Waals surface area (Å²) in [6.07, 6.45) is 1.54. The monoisotopic (exact) mass is 398 g/mol. The zero-order chi connectivity index (χ0) is 21.4. The number of amides is 2. The van der Waals surface area contributed by atoms with Gasteiger partial charge < -0.3 is 20.4 Å². The third-order valence-electron chi connectivity index (χ3n) is 4.71. The van der Waals surface area contributed by atoms with Crippen LogP contribution in [0.2, 0.25) is 0 Å². The Hall–Kier alpha value is -3.03. The lowest BCUT2D eigenvalue weighted by molar-refractivity contribution is -0.135. The summed E-state index contributed by atoms with van der Waals surface area (Å²) in [7, 11) is 2.72. The molecule has 0 aromatic heterocycles. The Balaban J connectivity index is 2.17. The van der Waals surface area contributed by atoms with E-state index in [0.29, 0.717) is 5.56 Å². The number of carbonyl (C=O) groups excluding carboxylic acids is 3. The minimum Gasteiger partial charge on any atom is -0.396 e. The molecule has 0 spiro atoms. The van der Waals surface area contributed by atoms with Crippen molar-refractivity contribution in [1.29, 1.82) is 0 Å². The highest BCUT2D eigenvalue weighted by Crippen LogP contribution is 2.21. The molecule has 0 aliphatic rings. The molecule has 0 aliphatic heterocycles. The van der Waals surface area contributed by atoms with Crippen LogP contribution in [0.3, 0.4) is 0 Å². The van der Waals surface area contributed by atoms with Crippen molar-refractivity contribution in [3.8, 4) is 11.1 Å². The summed E-state index contributed by atoms with van der Waals surface area (Å²) >= 11 is 0. The first kappa shape index (κ1) is 22.3. The molecule has 1 unspecified atom stereocenters. The molecule has 154 valence electrons. The van der Waals surface area contributed by atoms with E-state index in [-0.39, 0.29) is 6.61 Å². The number of aliphatic hydroxyl groups is 2. The first-order valence-corrected chi connectivity index (χ1v) is 9.35. The maximum absolute atomic E-state index is 12.7. The predicted octanol–water partition coefficient (Wildman–Crippen LogP) is 1.03. The molecule has 0 radical (unpaired) electrons. The number of likely N-dealkylation sites (N-methyl/N-ethyl adjacent to an activating group) is 2. The minimum atomic E-state index is -1.39. The number of hydrogen-bond acceptors (Lipinski definition) is 5. The van der Waals surface area contributed by atoms with Crippen LogP contribution in [0.15, 0.2) is 48.5 Å². The summed E-state index contributed by atoms with van der Waals surface area (Å²) in [5.74, 6) is -1.90. The fraction of sp³-hybridized carbons (Fsp3) is 0.318. The lowest BCUT2D eigenvalue weighted by Gasteiger charge is -2.25. The van der Waals surface area contributed by atoms with Crippen LogP contribution in [0.5, 0.6) is 0 Å². The van der Waals surface area contributed by atoms with E-state index in [0.717, 1.165) is 34.4 Å². The SMILES string of the molecule is CNC(=O)C(C(=O)CO)N(C)C(=O)c1ccc(-c2ccc(CCCO)cc2)cc1. The van der Waals surface area contributed by atoms with E-state index in [4.69, 9.17) is 10.2 Å². The molecule has 0 heterocycles. The van der Waals surface area contributed by atoms with Gasteiger partial charge in [0.05, 0.1) is 0 Å². The van der Waals surface area contributed by atoms with Gasteiger partial charge in [-0.15, -0.1) is 0 Å². The number of rotatable bonds is 9. The highest BCUT2D eigenvalue weighted by Gasteiger charge is 2.32. The molecule has 0 saturated carbocycles. The van der Waals surface area contributed by atoms with Crippen molar-refractivity contribution < 1.29 is 24.6 Å². The first-order valence-electron chi connectivity index (χ1n) is 9.35. The summed E-state index contributed by atoms with van der Waals surface area (Å²) in [6.45, 7) is -0.667. The van der Waals surface area contributed by atoms with Crippen LogP contribution in [0, 0.1) is 0 Å². The molecule has 7 nitrogen and oxygen atoms in total. The zero-order valence-corrected chi connectivity index (χ0v) is 16.6. The highest BCUT2D eigenvalue weighted by molar-refractivity contribution is 6.10. The van der Waals surface area contributed by atoms with E-state index in [9.17, 15) is 14.4 Å². The second-order valence-electron chi connectivity index (χ2n) is 6.66. The minimum absolute atomic E-state index is 0.163. The average molecular weight is 398 g/mol. The topological polar surface area (TPSA) is 107 Å². The summed E-state index contributed by atoms with van der Waals surface area (Å²) < 4.78 is 0. The quantitative estimate of drug-likeness (QED) is 0.547. The van der Waals surface area contributed by atoms with Crippen LogP contribution < -0.4 is 5.32 Å². The summed E-state index contributed by atoms with van der Waals surface area (Å²) in [5, 5.41) is 20.3. The van der Waals surface area contributed by atoms with E-state index in [1.165, 1.54) is 14.1 Å². The molecule has 2 aromatic rings. The van der Waals surface area contributed by atoms with Gasteiger partial charge in [-0.2, -0.15) is 0 Å². The lowest BCUT2D eigenvalue weighted by atomic mass is 10.0. The molecule has 2 amide bonds. The number of ketones is 1. The Morgan fingerprint density at radius 3 is 2.00 bits per heavy atom. The van der Waals surface area contributed by atoms with E-state index in [1.807, 2.05) is 24.3 Å². The molecule has 3 N–H and O–H groups in total. The zero-order valence-electron chi connectivity index (χ0n) is 16.6. The van der Waals surface area contributed by atoms with Crippen LogP contribution >= 0.6 is 0 Å². The maximum Gasteiger partial charge on any atom is 0.254 e. The summed E-state index contributed by atoms with van der Waals surface area (Å²) in [6, 6.07) is 13.5. The number of hydrogen-bond donors (Lipinski definition) is 3. The first-order chi connectivity index (χ1) is 13.9. The number of benzene rings is 2. The molecule has 29 heavy (non-hydrogen) atoms. The second kappa shape index (κ2) is 10.5. The van der Waals surface area contributed by atoms with Crippen LogP contribution in [0.25, 0.3) is 11.1 Å². The molecule has 0 aliphatic carbocycles. The molecule has 2 aromatic carbocycles. The highest BCUT2D eigenvalue weighted by atomic mass is 16.3. The standard InChI is InChI=1S/C22H26N2O5/c1-23-21(28)20(19(27)14-26)24(2)22(29)18-11-9-17(10-12-18)16-7-5-15(6-8-16)4-3-13-25/h5-12,20,25-26H,3-4,13-14H2,1-2H3,(H,23,28). The van der Waals surface area contributed by atoms with Gasteiger partial charge in [0.1, 0.15) is 6.61 Å². The van der Waals surface area contributed by atoms with Gasteiger partial charge in [0.2, 0.25) is 5.91 Å². The van der Waals surface area contributed by atoms with Gasteiger partial charge in [0.15, 0.2) is 11.8 Å². The van der Waals surface area contributed by atoms with Crippen molar-refractivity contribution in [3.63, 3.8) is 0 Å². The second-order valence-corrected chi connectivity index (χ2v) is 6.66. The molecule has 1 atom stereocenters. The Morgan fingerprint density at radius 2 is 1.52 bits per heavy atom. The van der Waals surface area contributed by atoms with Crippen LogP contribution in [-0.2, 0) is 16.0 Å². The van der Waals surface area contributed by atoms with Gasteiger partial charge >= 0.3 is 0 Å². The lowest BCUT2D eigenvalue weighted by Crippen LogP contribution is -2.52. The van der Waals surface area contributed by atoms with Crippen molar-refractivity contribution >= 4 is 17.6 Å². The van der Waals surface area contributed by atoms with Crippen molar-refractivity contribution in [1.82, 2.24) is 10.2 Å². The van der Waals surface area contributed by atoms with Gasteiger partial charge in [-0.25, -0.2) is 0 Å². The smallest absolute Gasteiger partial charge is 0.254 e. The van der Waals surface area contributed by atoms with Crippen molar-refractivity contribution in [2.24, 2.45) is 0 Å². The van der Waals surface area contributed by atoms with E-state index in [2.05, 4.69) is 5.32 Å². The van der Waals surface area contributed by atoms with Gasteiger partial charge in [-0.1, -0.05) is 36.4 Å². The molecular weight excluding hydrogens is 372 g/mol. The van der Waals surface area contributed by atoms with Gasteiger partial charge in [0, 0.05) is 26.3 Å². The summed E-state index contributed by atoms with van der Waals surface area (Å²) in [5.41, 5.74) is 3.39. The van der Waals surface area contributed by atoms with Gasteiger partial charge in [-0.3, -0.25) is 14.4 Å². The Bertz CT molecular complexity index is 831. The Morgan fingerprint density at radius 1 is 0.966 bits per heavy atom. The molecule has 0 saturated heterocycles. The fourth-order valence-corrected chi connectivity index (χ4v) is 3.03. The normalized spacial score (nSPS) is 11.6. The maximum atomic E-state index is 12.7. The average Bonchev–Trinajstić information content (AvgIpc) is 2.77. The van der Waals surface area contributed by atoms with Crippen LogP contribution in [-0.4, -0.2) is 66.1 Å². The Kier molecular flexibility index (Phi) is 8.06. The van der Waals surface area contributed by atoms with Crippen molar-refractivity contribution in [3.05, 3.63) is 59.7 Å². The van der Waals surface area contributed by atoms with Crippen molar-refractivity contribution in [2.45, 2.75) is 18.9 Å². The van der Waals surface area contributed by atoms with Gasteiger partial charge in [0.25, 0.3) is 5.91 Å². The number of nitrogens with one attached hydrogen (secondary N) is 1. The molecule has 0 bridgehead atoms. The largest absolute Gasteiger partial charge is 0.396 e. The number of carbonyl (C=O) groups is 3. The third kappa shape index (κ3) is 5.49. The molecular formula is C22H26N2O5. The number of aryl methyl sites for hydroxylation is 1. The van der Waals surface area contributed by atoms with E-state index < -0.39 is 30.2 Å². The molecule has 0 fully saturated rings. The van der Waals surface area contributed by atoms with Crippen LogP contribution in [0.4, 0.5) is 0 Å². The predicted molar refractivity (Wildman–Crippen MR) is 109 cm³/mol. The number of aliphatic hydroxyl groups excluding tert-OH is 2. The van der Waals surface area contributed by atoms with Gasteiger partial charge in [-0.05, 0) is 41.7 Å². The number of Topliss-reactive ketones (excluding diaryl/α,β-unsaturated/α-hetero) is 1. The fourth-order valence-electron chi connectivity index (χ4n) is 3.03.